The molecule has 0 saturated heterocycles. The Balaban J connectivity index is 2.44. The highest BCUT2D eigenvalue weighted by Crippen LogP contribution is 2.20. The number of carbonyl (C=O) groups excluding carboxylic acids is 1. The molecule has 1 aromatic carbocycles. The predicted molar refractivity (Wildman–Crippen MR) is 70.0 cm³/mol. The van der Waals surface area contributed by atoms with E-state index in [-0.39, 0.29) is 11.5 Å². The minimum atomic E-state index is -1.03. The number of amides is 1. The molecule has 1 aromatic heterocycles. The molecule has 2 N–H and O–H groups in total. The van der Waals surface area contributed by atoms with Crippen LogP contribution in [0.15, 0.2) is 42.7 Å². The van der Waals surface area contributed by atoms with Gasteiger partial charge in [-0.05, 0) is 23.8 Å². The van der Waals surface area contributed by atoms with Crippen LogP contribution in [0.4, 0.5) is 0 Å². The fourth-order valence-electron chi connectivity index (χ4n) is 1.70. The Morgan fingerprint density at radius 1 is 1.11 bits per heavy atom. The van der Waals surface area contributed by atoms with E-state index in [1.165, 1.54) is 12.3 Å². The summed E-state index contributed by atoms with van der Waals surface area (Å²) in [5.41, 5.74) is 2.03. The number of rotatable bonds is 3. The van der Waals surface area contributed by atoms with E-state index in [4.69, 9.17) is 5.11 Å². The molecule has 0 fully saturated rings. The van der Waals surface area contributed by atoms with Gasteiger partial charge in [0.25, 0.3) is 5.91 Å². The van der Waals surface area contributed by atoms with E-state index >= 15 is 0 Å². The summed E-state index contributed by atoms with van der Waals surface area (Å²) in [7, 11) is 1.56. The highest BCUT2D eigenvalue weighted by atomic mass is 16.4. The van der Waals surface area contributed by atoms with Gasteiger partial charge in [-0.3, -0.25) is 9.78 Å². The molecule has 96 valence electrons. The molecule has 5 nitrogen and oxygen atoms in total. The summed E-state index contributed by atoms with van der Waals surface area (Å²) in [4.78, 5) is 26.3. The molecule has 0 unspecified atom stereocenters. The second kappa shape index (κ2) is 5.30. The number of hydrogen-bond donors (Lipinski definition) is 2. The molecule has 0 spiro atoms. The van der Waals surface area contributed by atoms with Crippen LogP contribution in [0.2, 0.25) is 0 Å². The number of hydrogen-bond acceptors (Lipinski definition) is 3. The van der Waals surface area contributed by atoms with Gasteiger partial charge in [-0.15, -0.1) is 0 Å². The maximum atomic E-state index is 11.6. The molecule has 0 atom stereocenters. The van der Waals surface area contributed by atoms with Crippen molar-refractivity contribution >= 4 is 11.9 Å². The van der Waals surface area contributed by atoms with Gasteiger partial charge in [-0.25, -0.2) is 4.79 Å². The second-order valence-electron chi connectivity index (χ2n) is 3.93. The molecular weight excluding hydrogens is 244 g/mol. The van der Waals surface area contributed by atoms with E-state index in [0.717, 1.165) is 5.56 Å². The van der Waals surface area contributed by atoms with Crippen molar-refractivity contribution in [3.8, 4) is 11.1 Å². The van der Waals surface area contributed by atoms with Crippen molar-refractivity contribution in [1.82, 2.24) is 10.3 Å². The highest BCUT2D eigenvalue weighted by Gasteiger charge is 2.08. The van der Waals surface area contributed by atoms with Crippen molar-refractivity contribution < 1.29 is 14.7 Å². The molecular formula is C14H12N2O3. The molecule has 19 heavy (non-hydrogen) atoms. The maximum absolute atomic E-state index is 11.6. The SMILES string of the molecule is CNC(=O)c1cccc(-c2cncc(C(=O)O)c2)c1. The average Bonchev–Trinajstić information content (AvgIpc) is 2.46. The van der Waals surface area contributed by atoms with Crippen molar-refractivity contribution in [3.63, 3.8) is 0 Å². The monoisotopic (exact) mass is 256 g/mol. The molecule has 0 aliphatic heterocycles. The first kappa shape index (κ1) is 12.8. The molecule has 1 heterocycles. The van der Waals surface area contributed by atoms with Crippen LogP contribution in [0.3, 0.4) is 0 Å². The Hall–Kier alpha value is -2.69. The number of carboxylic acid groups (broad SMARTS) is 1. The lowest BCUT2D eigenvalue weighted by Crippen LogP contribution is -2.17. The highest BCUT2D eigenvalue weighted by molar-refractivity contribution is 5.95. The fraction of sp³-hybridized carbons (Fsp3) is 0.0714. The molecule has 1 amide bonds. The number of carboxylic acids is 1. The van der Waals surface area contributed by atoms with Crippen LogP contribution in [0.5, 0.6) is 0 Å². The van der Waals surface area contributed by atoms with Gasteiger partial charge < -0.3 is 10.4 Å². The van der Waals surface area contributed by atoms with Crippen LogP contribution >= 0.6 is 0 Å². The van der Waals surface area contributed by atoms with Crippen molar-refractivity contribution in [3.05, 3.63) is 53.9 Å². The van der Waals surface area contributed by atoms with Crippen molar-refractivity contribution in [2.45, 2.75) is 0 Å². The number of carbonyl (C=O) groups is 2. The third-order valence-electron chi connectivity index (χ3n) is 2.67. The molecule has 0 aliphatic carbocycles. The Kier molecular flexibility index (Phi) is 3.56. The summed E-state index contributed by atoms with van der Waals surface area (Å²) >= 11 is 0. The van der Waals surface area contributed by atoms with Gasteiger partial charge >= 0.3 is 5.97 Å². The summed E-state index contributed by atoms with van der Waals surface area (Å²) in [5.74, 6) is -1.22. The maximum Gasteiger partial charge on any atom is 0.337 e. The molecule has 2 rings (SSSR count). The Labute approximate surface area is 109 Å². The topological polar surface area (TPSA) is 79.3 Å². The van der Waals surface area contributed by atoms with Crippen molar-refractivity contribution in [2.75, 3.05) is 7.05 Å². The molecule has 2 aromatic rings. The van der Waals surface area contributed by atoms with Crippen molar-refractivity contribution in [1.29, 1.82) is 0 Å². The quantitative estimate of drug-likeness (QED) is 0.877. The first-order valence-corrected chi connectivity index (χ1v) is 5.62. The standard InChI is InChI=1S/C14H12N2O3/c1-15-13(17)10-4-2-3-9(5-10)11-6-12(14(18)19)8-16-7-11/h2-8H,1H3,(H,15,17)(H,18,19). The lowest BCUT2D eigenvalue weighted by atomic mass is 10.0. The number of nitrogens with zero attached hydrogens (tertiary/aromatic N) is 1. The summed E-state index contributed by atoms with van der Waals surface area (Å²) in [6.07, 6.45) is 2.85. The zero-order valence-electron chi connectivity index (χ0n) is 10.3. The Morgan fingerprint density at radius 2 is 1.84 bits per heavy atom. The molecule has 0 radical (unpaired) electrons. The fourth-order valence-corrected chi connectivity index (χ4v) is 1.70. The second-order valence-corrected chi connectivity index (χ2v) is 3.93. The van der Waals surface area contributed by atoms with Crippen LogP contribution in [0, 0.1) is 0 Å². The summed E-state index contributed by atoms with van der Waals surface area (Å²) < 4.78 is 0. The lowest BCUT2D eigenvalue weighted by molar-refractivity contribution is 0.0696. The van der Waals surface area contributed by atoms with E-state index in [9.17, 15) is 9.59 Å². The molecule has 0 bridgehead atoms. The Morgan fingerprint density at radius 3 is 2.53 bits per heavy atom. The van der Waals surface area contributed by atoms with Crippen LogP contribution in [-0.4, -0.2) is 29.0 Å². The van der Waals surface area contributed by atoms with Gasteiger partial charge in [0, 0.05) is 30.6 Å². The van der Waals surface area contributed by atoms with Gasteiger partial charge in [0.15, 0.2) is 0 Å². The summed E-state index contributed by atoms with van der Waals surface area (Å²) in [6.45, 7) is 0. The van der Waals surface area contributed by atoms with Gasteiger partial charge in [-0.2, -0.15) is 0 Å². The van der Waals surface area contributed by atoms with Crippen molar-refractivity contribution in [2.24, 2.45) is 0 Å². The van der Waals surface area contributed by atoms with Gasteiger partial charge in [0.2, 0.25) is 0 Å². The Bertz CT molecular complexity index is 638. The van der Waals surface area contributed by atoms with Crippen LogP contribution in [-0.2, 0) is 0 Å². The molecule has 0 saturated carbocycles. The number of aromatic carboxylic acids is 1. The third-order valence-corrected chi connectivity index (χ3v) is 2.67. The first-order valence-electron chi connectivity index (χ1n) is 5.62. The summed E-state index contributed by atoms with van der Waals surface area (Å²) in [6, 6.07) is 8.46. The lowest BCUT2D eigenvalue weighted by Gasteiger charge is -2.05. The molecule has 5 heteroatoms. The van der Waals surface area contributed by atoms with E-state index < -0.39 is 5.97 Å². The minimum absolute atomic E-state index is 0.114. The normalized spacial score (nSPS) is 9.95. The average molecular weight is 256 g/mol. The number of benzene rings is 1. The van der Waals surface area contributed by atoms with E-state index in [1.54, 1.807) is 37.5 Å². The molecule has 0 aliphatic rings. The van der Waals surface area contributed by atoms with Gasteiger partial charge in [-0.1, -0.05) is 12.1 Å². The summed E-state index contributed by atoms with van der Waals surface area (Å²) in [5, 5.41) is 11.5. The van der Waals surface area contributed by atoms with Gasteiger partial charge in [0.05, 0.1) is 5.56 Å². The van der Waals surface area contributed by atoms with Crippen LogP contribution < -0.4 is 5.32 Å². The van der Waals surface area contributed by atoms with E-state index in [1.807, 2.05) is 0 Å². The third kappa shape index (κ3) is 2.77. The number of aromatic nitrogens is 1. The first-order chi connectivity index (χ1) is 9.11. The largest absolute Gasteiger partial charge is 0.478 e. The predicted octanol–water partition coefficient (Wildman–Crippen LogP) is 1.81. The number of nitrogens with one attached hydrogen (secondary N) is 1. The van der Waals surface area contributed by atoms with E-state index in [0.29, 0.717) is 11.1 Å². The zero-order valence-corrected chi connectivity index (χ0v) is 10.3. The zero-order chi connectivity index (χ0) is 13.8. The smallest absolute Gasteiger partial charge is 0.337 e. The van der Waals surface area contributed by atoms with Crippen LogP contribution in [0.25, 0.3) is 11.1 Å². The minimum Gasteiger partial charge on any atom is -0.478 e. The van der Waals surface area contributed by atoms with Crippen LogP contribution in [0.1, 0.15) is 20.7 Å². The number of pyridine rings is 1. The van der Waals surface area contributed by atoms with Gasteiger partial charge in [0.1, 0.15) is 0 Å². The van der Waals surface area contributed by atoms with E-state index in [2.05, 4.69) is 10.3 Å².